The van der Waals surface area contributed by atoms with Crippen LogP contribution in [-0.2, 0) is 20.7 Å². The lowest BCUT2D eigenvalue weighted by Gasteiger charge is -2.38. The molecule has 0 bridgehead atoms. The summed E-state index contributed by atoms with van der Waals surface area (Å²) in [5.41, 5.74) is 5.39. The summed E-state index contributed by atoms with van der Waals surface area (Å²) in [5, 5.41) is 10.2. The molecule has 4 rings (SSSR count). The SMILES string of the molecule is CC1=C(C2Cc3ccccc3N2C)C=CC(OCC(O)COC(=O)C2CC(C)C2C)C1. The van der Waals surface area contributed by atoms with E-state index in [0.717, 1.165) is 19.3 Å². The van der Waals surface area contributed by atoms with Gasteiger partial charge in [0.25, 0.3) is 0 Å². The van der Waals surface area contributed by atoms with E-state index in [-0.39, 0.29) is 31.2 Å². The van der Waals surface area contributed by atoms with Crippen molar-refractivity contribution in [3.8, 4) is 0 Å². The van der Waals surface area contributed by atoms with Gasteiger partial charge in [0.1, 0.15) is 12.7 Å². The van der Waals surface area contributed by atoms with Gasteiger partial charge in [-0.25, -0.2) is 0 Å². The molecule has 31 heavy (non-hydrogen) atoms. The maximum Gasteiger partial charge on any atom is 0.309 e. The Bertz CT molecular complexity index is 876. The van der Waals surface area contributed by atoms with Gasteiger partial charge in [-0.2, -0.15) is 0 Å². The minimum atomic E-state index is -0.800. The van der Waals surface area contributed by atoms with Gasteiger partial charge in [0.05, 0.1) is 24.7 Å². The quantitative estimate of drug-likeness (QED) is 0.672. The van der Waals surface area contributed by atoms with Gasteiger partial charge in [0.15, 0.2) is 0 Å². The van der Waals surface area contributed by atoms with Crippen LogP contribution in [0.4, 0.5) is 5.69 Å². The molecule has 3 aliphatic rings. The van der Waals surface area contributed by atoms with E-state index in [1.165, 1.54) is 22.4 Å². The van der Waals surface area contributed by atoms with E-state index in [0.29, 0.717) is 17.9 Å². The lowest BCUT2D eigenvalue weighted by Crippen LogP contribution is -2.40. The Morgan fingerprint density at radius 2 is 2.00 bits per heavy atom. The minimum absolute atomic E-state index is 0.00192. The third kappa shape index (κ3) is 4.58. The average Bonchev–Trinajstić information content (AvgIpc) is 3.10. The molecule has 1 N–H and O–H groups in total. The molecule has 168 valence electrons. The third-order valence-electron chi connectivity index (χ3n) is 7.48. The van der Waals surface area contributed by atoms with Crippen LogP contribution in [0.3, 0.4) is 0 Å². The molecule has 6 atom stereocenters. The van der Waals surface area contributed by atoms with Crippen molar-refractivity contribution in [3.63, 3.8) is 0 Å². The first-order valence-corrected chi connectivity index (χ1v) is 11.5. The molecule has 1 aromatic rings. The Labute approximate surface area is 185 Å². The van der Waals surface area contributed by atoms with Crippen molar-refractivity contribution in [2.24, 2.45) is 17.8 Å². The summed E-state index contributed by atoms with van der Waals surface area (Å²) in [7, 11) is 2.16. The fourth-order valence-electron chi connectivity index (χ4n) is 5.12. The molecule has 6 unspecified atom stereocenters. The summed E-state index contributed by atoms with van der Waals surface area (Å²) in [5.74, 6) is 0.731. The number of fused-ring (bicyclic) bond motifs is 1. The highest BCUT2D eigenvalue weighted by molar-refractivity contribution is 5.74. The highest BCUT2D eigenvalue weighted by atomic mass is 16.5. The number of rotatable bonds is 7. The van der Waals surface area contributed by atoms with E-state index in [1.54, 1.807) is 0 Å². The van der Waals surface area contributed by atoms with E-state index in [4.69, 9.17) is 9.47 Å². The predicted molar refractivity (Wildman–Crippen MR) is 122 cm³/mol. The fourth-order valence-corrected chi connectivity index (χ4v) is 5.12. The van der Waals surface area contributed by atoms with Crippen molar-refractivity contribution < 1.29 is 19.4 Å². The van der Waals surface area contributed by atoms with Crippen molar-refractivity contribution >= 4 is 11.7 Å². The molecule has 0 spiro atoms. The van der Waals surface area contributed by atoms with E-state index < -0.39 is 6.10 Å². The molecule has 1 fully saturated rings. The highest BCUT2D eigenvalue weighted by Crippen LogP contribution is 2.40. The molecule has 0 amide bonds. The molecular formula is C26H35NO4. The van der Waals surface area contributed by atoms with Crippen LogP contribution >= 0.6 is 0 Å². The van der Waals surface area contributed by atoms with Gasteiger partial charge in [-0.3, -0.25) is 4.79 Å². The number of para-hydroxylation sites is 1. The maximum atomic E-state index is 12.1. The van der Waals surface area contributed by atoms with Gasteiger partial charge in [-0.1, -0.05) is 49.8 Å². The maximum absolute atomic E-state index is 12.1. The molecule has 5 heteroatoms. The molecule has 1 aromatic carbocycles. The zero-order chi connectivity index (χ0) is 22.1. The molecule has 0 aromatic heterocycles. The molecule has 1 saturated carbocycles. The first-order chi connectivity index (χ1) is 14.8. The third-order valence-corrected chi connectivity index (χ3v) is 7.48. The van der Waals surface area contributed by atoms with E-state index in [1.807, 2.05) is 0 Å². The number of nitrogens with zero attached hydrogens (tertiary/aromatic N) is 1. The van der Waals surface area contributed by atoms with Gasteiger partial charge in [0, 0.05) is 12.7 Å². The minimum Gasteiger partial charge on any atom is -0.463 e. The van der Waals surface area contributed by atoms with Crippen LogP contribution in [0.5, 0.6) is 0 Å². The Balaban J connectivity index is 1.23. The van der Waals surface area contributed by atoms with Crippen LogP contribution in [0.2, 0.25) is 0 Å². The molecule has 0 saturated heterocycles. The first-order valence-electron chi connectivity index (χ1n) is 11.5. The highest BCUT2D eigenvalue weighted by Gasteiger charge is 2.40. The van der Waals surface area contributed by atoms with Gasteiger partial charge in [-0.15, -0.1) is 0 Å². The summed E-state index contributed by atoms with van der Waals surface area (Å²) in [4.78, 5) is 14.5. The predicted octanol–water partition coefficient (Wildman–Crippen LogP) is 3.91. The number of carbonyl (C=O) groups is 1. The van der Waals surface area contributed by atoms with Crippen LogP contribution in [0.25, 0.3) is 0 Å². The number of hydrogen-bond donors (Lipinski definition) is 1. The second kappa shape index (κ2) is 9.17. The summed E-state index contributed by atoms with van der Waals surface area (Å²) >= 11 is 0. The summed E-state index contributed by atoms with van der Waals surface area (Å²) in [6, 6.07) is 8.95. The zero-order valence-electron chi connectivity index (χ0n) is 19.1. The van der Waals surface area contributed by atoms with Crippen molar-refractivity contribution in [2.75, 3.05) is 25.2 Å². The molecule has 1 aliphatic heterocycles. The fraction of sp³-hybridized carbons (Fsp3) is 0.577. The second-order valence-corrected chi connectivity index (χ2v) is 9.59. The Morgan fingerprint density at radius 1 is 1.23 bits per heavy atom. The normalized spacial score (nSPS) is 30.7. The second-order valence-electron chi connectivity index (χ2n) is 9.59. The molecule has 5 nitrogen and oxygen atoms in total. The summed E-state index contributed by atoms with van der Waals surface area (Å²) in [6.45, 7) is 6.57. The number of aliphatic hydroxyl groups is 1. The zero-order valence-corrected chi connectivity index (χ0v) is 19.1. The smallest absolute Gasteiger partial charge is 0.309 e. The number of carbonyl (C=O) groups excluding carboxylic acids is 1. The number of benzene rings is 1. The van der Waals surface area contributed by atoms with Crippen molar-refractivity contribution in [1.29, 1.82) is 0 Å². The number of anilines is 1. The number of ether oxygens (including phenoxy) is 2. The van der Waals surface area contributed by atoms with Crippen LogP contribution in [0, 0.1) is 17.8 Å². The number of esters is 1. The molecule has 1 heterocycles. The number of aliphatic hydroxyl groups excluding tert-OH is 1. The lowest BCUT2D eigenvalue weighted by molar-refractivity contribution is -0.161. The van der Waals surface area contributed by atoms with Crippen molar-refractivity contribution in [1.82, 2.24) is 0 Å². The van der Waals surface area contributed by atoms with Gasteiger partial charge < -0.3 is 19.5 Å². The number of hydrogen-bond acceptors (Lipinski definition) is 5. The summed E-state index contributed by atoms with van der Waals surface area (Å²) in [6.07, 6.45) is 6.14. The largest absolute Gasteiger partial charge is 0.463 e. The van der Waals surface area contributed by atoms with Crippen LogP contribution in [0.15, 0.2) is 47.6 Å². The van der Waals surface area contributed by atoms with Gasteiger partial charge in [-0.05, 0) is 55.2 Å². The van der Waals surface area contributed by atoms with Crippen LogP contribution < -0.4 is 4.90 Å². The van der Waals surface area contributed by atoms with E-state index in [9.17, 15) is 9.90 Å². The van der Waals surface area contributed by atoms with Crippen molar-refractivity contribution in [2.45, 2.75) is 58.3 Å². The van der Waals surface area contributed by atoms with Gasteiger partial charge in [0.2, 0.25) is 0 Å². The molecular weight excluding hydrogens is 390 g/mol. The van der Waals surface area contributed by atoms with Crippen molar-refractivity contribution in [3.05, 3.63) is 53.1 Å². The average molecular weight is 426 g/mol. The van der Waals surface area contributed by atoms with Crippen LogP contribution in [0.1, 0.15) is 39.2 Å². The number of likely N-dealkylation sites (N-methyl/N-ethyl adjacent to an activating group) is 1. The van der Waals surface area contributed by atoms with E-state index >= 15 is 0 Å². The summed E-state index contributed by atoms with van der Waals surface area (Å²) < 4.78 is 11.2. The molecule has 2 aliphatic carbocycles. The van der Waals surface area contributed by atoms with Crippen LogP contribution in [-0.4, -0.2) is 49.6 Å². The molecule has 0 radical (unpaired) electrons. The monoisotopic (exact) mass is 425 g/mol. The standard InChI is InChI=1S/C26H35NO4/c1-16-12-23(18(16)3)26(29)31-15-20(28)14-30-21-9-10-22(17(2)11-21)25-13-19-7-5-6-8-24(19)27(25)4/h5-10,16,18,20-21,23,25,28H,11-15H2,1-4H3. The Kier molecular flexibility index (Phi) is 6.54. The van der Waals surface area contributed by atoms with Gasteiger partial charge >= 0.3 is 5.97 Å². The Morgan fingerprint density at radius 3 is 2.68 bits per heavy atom. The first kappa shape index (κ1) is 22.1. The lowest BCUT2D eigenvalue weighted by atomic mass is 9.67. The Hall–Kier alpha value is -2.11. The van der Waals surface area contributed by atoms with E-state index in [2.05, 4.69) is 69.1 Å². The topological polar surface area (TPSA) is 59.0 Å².